The highest BCUT2D eigenvalue weighted by atomic mass is 35.5. The number of carbonyl (C=O) groups excluding carboxylic acids is 1. The summed E-state index contributed by atoms with van der Waals surface area (Å²) in [5.41, 5.74) is 3.40. The summed E-state index contributed by atoms with van der Waals surface area (Å²) in [6, 6.07) is 16.1. The number of benzene rings is 2. The van der Waals surface area contributed by atoms with Crippen molar-refractivity contribution < 1.29 is 4.79 Å². The van der Waals surface area contributed by atoms with Crippen molar-refractivity contribution in [1.82, 2.24) is 5.32 Å². The van der Waals surface area contributed by atoms with Gasteiger partial charge in [0.1, 0.15) is 0 Å². The normalized spacial score (nSPS) is 14.1. The molecule has 0 saturated carbocycles. The van der Waals surface area contributed by atoms with E-state index in [4.69, 9.17) is 11.6 Å². The fourth-order valence-corrected chi connectivity index (χ4v) is 3.31. The minimum atomic E-state index is -0.000861. The van der Waals surface area contributed by atoms with Gasteiger partial charge in [-0.05, 0) is 67.6 Å². The molecule has 2 N–H and O–H groups in total. The minimum absolute atomic E-state index is 0.000861. The van der Waals surface area contributed by atoms with Crippen molar-refractivity contribution in [1.29, 1.82) is 0 Å². The topological polar surface area (TPSA) is 44.4 Å². The van der Waals surface area contributed by atoms with Gasteiger partial charge in [0.15, 0.2) is 0 Å². The van der Waals surface area contributed by atoms with Crippen LogP contribution in [0.5, 0.6) is 0 Å². The molecule has 5 heteroatoms. The van der Waals surface area contributed by atoms with E-state index in [1.165, 1.54) is 24.9 Å². The third-order valence-corrected chi connectivity index (χ3v) is 4.94. The zero-order valence-corrected chi connectivity index (χ0v) is 15.8. The van der Waals surface area contributed by atoms with Crippen molar-refractivity contribution in [3.8, 4) is 0 Å². The molecule has 0 aromatic heterocycles. The van der Waals surface area contributed by atoms with Gasteiger partial charge in [0.2, 0.25) is 5.91 Å². The van der Waals surface area contributed by atoms with E-state index in [1.807, 2.05) is 36.4 Å². The van der Waals surface area contributed by atoms with Crippen LogP contribution < -0.4 is 15.5 Å². The van der Waals surface area contributed by atoms with Gasteiger partial charge < -0.3 is 15.5 Å². The highest BCUT2D eigenvalue weighted by molar-refractivity contribution is 6.30. The second kappa shape index (κ2) is 9.48. The quantitative estimate of drug-likeness (QED) is 0.770. The maximum Gasteiger partial charge on any atom is 0.239 e. The van der Waals surface area contributed by atoms with Crippen LogP contribution in [0.2, 0.25) is 5.02 Å². The summed E-state index contributed by atoms with van der Waals surface area (Å²) >= 11 is 5.87. The maximum atomic E-state index is 12.0. The van der Waals surface area contributed by atoms with Gasteiger partial charge in [0.05, 0.1) is 6.54 Å². The van der Waals surface area contributed by atoms with Crippen molar-refractivity contribution >= 4 is 28.9 Å². The lowest BCUT2D eigenvalue weighted by Crippen LogP contribution is -2.31. The van der Waals surface area contributed by atoms with Gasteiger partial charge in [-0.15, -0.1) is 0 Å². The molecule has 1 aliphatic rings. The Morgan fingerprint density at radius 3 is 2.35 bits per heavy atom. The second-order valence-electron chi connectivity index (χ2n) is 6.67. The molecule has 0 unspecified atom stereocenters. The van der Waals surface area contributed by atoms with Crippen molar-refractivity contribution in [3.05, 3.63) is 59.1 Å². The lowest BCUT2D eigenvalue weighted by Gasteiger charge is -2.28. The minimum Gasteiger partial charge on any atom is -0.376 e. The van der Waals surface area contributed by atoms with Crippen LogP contribution in [-0.4, -0.2) is 32.1 Å². The van der Waals surface area contributed by atoms with Crippen molar-refractivity contribution in [2.45, 2.75) is 25.7 Å². The van der Waals surface area contributed by atoms with Crippen molar-refractivity contribution in [2.75, 3.05) is 36.4 Å². The molecule has 138 valence electrons. The first-order valence-corrected chi connectivity index (χ1v) is 9.68. The van der Waals surface area contributed by atoms with Crippen LogP contribution in [0.1, 0.15) is 24.8 Å². The Morgan fingerprint density at radius 1 is 0.962 bits per heavy atom. The van der Waals surface area contributed by atoms with Gasteiger partial charge in [0.25, 0.3) is 0 Å². The predicted molar refractivity (Wildman–Crippen MR) is 109 cm³/mol. The Bertz CT molecular complexity index is 694. The van der Waals surface area contributed by atoms with E-state index in [0.717, 1.165) is 35.8 Å². The molecule has 4 nitrogen and oxygen atoms in total. The molecule has 1 aliphatic heterocycles. The first-order valence-electron chi connectivity index (χ1n) is 9.31. The van der Waals surface area contributed by atoms with Crippen LogP contribution in [0.3, 0.4) is 0 Å². The molecule has 1 fully saturated rings. The molecule has 1 heterocycles. The number of piperidine rings is 1. The zero-order valence-electron chi connectivity index (χ0n) is 15.0. The van der Waals surface area contributed by atoms with Crippen LogP contribution in [0.25, 0.3) is 0 Å². The van der Waals surface area contributed by atoms with Gasteiger partial charge in [-0.25, -0.2) is 0 Å². The predicted octanol–water partition coefficient (Wildman–Crippen LogP) is 4.10. The van der Waals surface area contributed by atoms with Crippen LogP contribution in [0, 0.1) is 0 Å². The molecule has 0 bridgehead atoms. The lowest BCUT2D eigenvalue weighted by atomic mass is 10.1. The molecule has 0 radical (unpaired) electrons. The summed E-state index contributed by atoms with van der Waals surface area (Å²) in [5, 5.41) is 6.85. The Balaban J connectivity index is 1.37. The van der Waals surface area contributed by atoms with Crippen LogP contribution in [0.4, 0.5) is 11.4 Å². The van der Waals surface area contributed by atoms with Crippen molar-refractivity contribution in [3.63, 3.8) is 0 Å². The smallest absolute Gasteiger partial charge is 0.239 e. The standard InChI is InChI=1S/C21H26ClN3O/c22-18-6-4-17(5-7-18)12-13-23-21(26)16-24-19-8-10-20(11-9-19)25-14-2-1-3-15-25/h4-11,24H,1-3,12-16H2,(H,23,26). The zero-order chi connectivity index (χ0) is 18.2. The van der Waals surface area contributed by atoms with Gasteiger partial charge >= 0.3 is 0 Å². The highest BCUT2D eigenvalue weighted by Gasteiger charge is 2.10. The van der Waals surface area contributed by atoms with E-state index < -0.39 is 0 Å². The fourth-order valence-electron chi connectivity index (χ4n) is 3.18. The largest absolute Gasteiger partial charge is 0.376 e. The number of nitrogens with zero attached hydrogens (tertiary/aromatic N) is 1. The van der Waals surface area contributed by atoms with Gasteiger partial charge in [-0.3, -0.25) is 4.79 Å². The van der Waals surface area contributed by atoms with E-state index in [0.29, 0.717) is 6.54 Å². The number of hydrogen-bond donors (Lipinski definition) is 2. The third-order valence-electron chi connectivity index (χ3n) is 4.69. The Kier molecular flexibility index (Phi) is 6.78. The average molecular weight is 372 g/mol. The molecule has 3 rings (SSSR count). The molecular weight excluding hydrogens is 346 g/mol. The van der Waals surface area contributed by atoms with Crippen LogP contribution in [0.15, 0.2) is 48.5 Å². The maximum absolute atomic E-state index is 12.0. The lowest BCUT2D eigenvalue weighted by molar-refractivity contribution is -0.119. The molecule has 0 atom stereocenters. The van der Waals surface area contributed by atoms with E-state index >= 15 is 0 Å². The van der Waals surface area contributed by atoms with Crippen LogP contribution in [-0.2, 0) is 11.2 Å². The first kappa shape index (κ1) is 18.6. The molecule has 0 spiro atoms. The summed E-state index contributed by atoms with van der Waals surface area (Å²) in [4.78, 5) is 14.4. The van der Waals surface area contributed by atoms with Gasteiger partial charge in [0, 0.05) is 36.0 Å². The van der Waals surface area contributed by atoms with Crippen LogP contribution >= 0.6 is 11.6 Å². The number of amides is 1. The van der Waals surface area contributed by atoms with E-state index in [2.05, 4.69) is 27.7 Å². The SMILES string of the molecule is O=C(CNc1ccc(N2CCCCC2)cc1)NCCc1ccc(Cl)cc1. The summed E-state index contributed by atoms with van der Waals surface area (Å²) in [6.07, 6.45) is 4.68. The fraction of sp³-hybridized carbons (Fsp3) is 0.381. The molecule has 2 aromatic carbocycles. The summed E-state index contributed by atoms with van der Waals surface area (Å²) in [7, 11) is 0. The average Bonchev–Trinajstić information content (AvgIpc) is 2.69. The molecule has 26 heavy (non-hydrogen) atoms. The van der Waals surface area contributed by atoms with E-state index in [9.17, 15) is 4.79 Å². The van der Waals surface area contributed by atoms with Gasteiger partial charge in [-0.1, -0.05) is 23.7 Å². The number of carbonyl (C=O) groups is 1. The number of rotatable bonds is 7. The Hall–Kier alpha value is -2.20. The Morgan fingerprint density at radius 2 is 1.65 bits per heavy atom. The second-order valence-corrected chi connectivity index (χ2v) is 7.11. The molecular formula is C21H26ClN3O. The van der Waals surface area contributed by atoms with E-state index in [1.54, 1.807) is 0 Å². The molecule has 1 saturated heterocycles. The number of nitrogens with one attached hydrogen (secondary N) is 2. The number of anilines is 2. The molecule has 0 aliphatic carbocycles. The first-order chi connectivity index (χ1) is 12.7. The summed E-state index contributed by atoms with van der Waals surface area (Å²) < 4.78 is 0. The molecule has 2 aromatic rings. The molecule has 1 amide bonds. The van der Waals surface area contributed by atoms with Crippen molar-refractivity contribution in [2.24, 2.45) is 0 Å². The monoisotopic (exact) mass is 371 g/mol. The highest BCUT2D eigenvalue weighted by Crippen LogP contribution is 2.21. The summed E-state index contributed by atoms with van der Waals surface area (Å²) in [6.45, 7) is 3.19. The third kappa shape index (κ3) is 5.67. The Labute approximate surface area is 160 Å². The number of hydrogen-bond acceptors (Lipinski definition) is 3. The van der Waals surface area contributed by atoms with E-state index in [-0.39, 0.29) is 12.5 Å². The number of halogens is 1. The summed E-state index contributed by atoms with van der Waals surface area (Å²) in [5.74, 6) is -0.000861. The van der Waals surface area contributed by atoms with Gasteiger partial charge in [-0.2, -0.15) is 0 Å².